The molecule has 0 atom stereocenters. The molecule has 0 aliphatic heterocycles. The van der Waals surface area contributed by atoms with Crippen LogP contribution in [0, 0.1) is 13.8 Å². The topological polar surface area (TPSA) is 0 Å². The summed E-state index contributed by atoms with van der Waals surface area (Å²) in [7, 11) is 0. The molecule has 1 aliphatic rings. The van der Waals surface area contributed by atoms with Gasteiger partial charge in [0.15, 0.2) is 0 Å². The van der Waals surface area contributed by atoms with Gasteiger partial charge >= 0.3 is 0 Å². The van der Waals surface area contributed by atoms with Crippen molar-refractivity contribution in [2.24, 2.45) is 0 Å². The quantitative estimate of drug-likeness (QED) is 0.219. The molecule has 7 rings (SSSR count). The molecule has 6 aromatic carbocycles. The molecule has 0 radical (unpaired) electrons. The van der Waals surface area contributed by atoms with Gasteiger partial charge in [0, 0.05) is 5.41 Å². The van der Waals surface area contributed by atoms with Gasteiger partial charge < -0.3 is 0 Å². The smallest absolute Gasteiger partial charge is 0.0159 e. The Morgan fingerprint density at radius 3 is 1.49 bits per heavy atom. The molecule has 0 spiro atoms. The zero-order valence-electron chi connectivity index (χ0n) is 21.9. The van der Waals surface area contributed by atoms with E-state index in [2.05, 4.69) is 137 Å². The first-order valence-electron chi connectivity index (χ1n) is 13.2. The summed E-state index contributed by atoms with van der Waals surface area (Å²) in [5.74, 6) is 0. The van der Waals surface area contributed by atoms with Crippen molar-refractivity contribution in [3.63, 3.8) is 0 Å². The highest BCUT2D eigenvalue weighted by molar-refractivity contribution is 6.22. The van der Waals surface area contributed by atoms with Crippen molar-refractivity contribution in [3.8, 4) is 33.4 Å². The van der Waals surface area contributed by atoms with Crippen molar-refractivity contribution in [2.75, 3.05) is 0 Å². The van der Waals surface area contributed by atoms with Gasteiger partial charge in [-0.2, -0.15) is 0 Å². The normalized spacial score (nSPS) is 13.6. The van der Waals surface area contributed by atoms with Gasteiger partial charge in [0.05, 0.1) is 0 Å². The molecule has 0 amide bonds. The Balaban J connectivity index is 1.70. The first-order chi connectivity index (χ1) is 17.9. The van der Waals surface area contributed by atoms with Gasteiger partial charge in [-0.15, -0.1) is 0 Å². The molecule has 0 saturated heterocycles. The van der Waals surface area contributed by atoms with Crippen molar-refractivity contribution >= 4 is 21.5 Å². The summed E-state index contributed by atoms with van der Waals surface area (Å²) in [5, 5.41) is 5.27. The van der Waals surface area contributed by atoms with Crippen molar-refractivity contribution in [3.05, 3.63) is 131 Å². The van der Waals surface area contributed by atoms with Gasteiger partial charge in [0.25, 0.3) is 0 Å². The molecular formula is C37H30. The van der Waals surface area contributed by atoms with Crippen LogP contribution < -0.4 is 0 Å². The van der Waals surface area contributed by atoms with Gasteiger partial charge in [-0.25, -0.2) is 0 Å². The van der Waals surface area contributed by atoms with E-state index in [1.54, 1.807) is 0 Å². The highest BCUT2D eigenvalue weighted by atomic mass is 14.4. The zero-order chi connectivity index (χ0) is 25.3. The Kier molecular flexibility index (Phi) is 4.72. The fourth-order valence-corrected chi connectivity index (χ4v) is 6.43. The molecule has 0 aromatic heterocycles. The standard InChI is InChI=1S/C37H30/c1-23-13-17-25(18-14-23)35-28-10-5-6-11-29(28)36(26-19-15-24(2)16-20-26)32-22-34-30(21-31(32)35)27-9-7-8-12-33(27)37(34,3)4/h5-22H,1-4H3. The molecule has 178 valence electrons. The Hall–Kier alpha value is -4.16. The van der Waals surface area contributed by atoms with Crippen molar-refractivity contribution in [1.82, 2.24) is 0 Å². The number of hydrogen-bond acceptors (Lipinski definition) is 0. The van der Waals surface area contributed by atoms with Crippen molar-refractivity contribution < 1.29 is 0 Å². The Labute approximate surface area is 219 Å². The maximum Gasteiger partial charge on any atom is 0.0159 e. The summed E-state index contributed by atoms with van der Waals surface area (Å²) in [4.78, 5) is 0. The zero-order valence-corrected chi connectivity index (χ0v) is 21.9. The van der Waals surface area contributed by atoms with E-state index in [1.165, 1.54) is 77.2 Å². The third-order valence-corrected chi connectivity index (χ3v) is 8.41. The highest BCUT2D eigenvalue weighted by Gasteiger charge is 2.36. The molecule has 6 aromatic rings. The average molecular weight is 475 g/mol. The lowest BCUT2D eigenvalue weighted by molar-refractivity contribution is 0.661. The minimum Gasteiger partial charge on any atom is -0.0619 e. The van der Waals surface area contributed by atoms with Gasteiger partial charge in [-0.3, -0.25) is 0 Å². The molecule has 0 heteroatoms. The molecule has 0 saturated carbocycles. The molecule has 0 fully saturated rings. The predicted octanol–water partition coefficient (Wildman–Crippen LogP) is 10.3. The summed E-state index contributed by atoms with van der Waals surface area (Å²) in [6, 6.07) is 41.0. The maximum atomic E-state index is 2.50. The van der Waals surface area contributed by atoms with Crippen LogP contribution >= 0.6 is 0 Å². The van der Waals surface area contributed by atoms with Crippen molar-refractivity contribution in [1.29, 1.82) is 0 Å². The van der Waals surface area contributed by atoms with E-state index < -0.39 is 0 Å². The fourth-order valence-electron chi connectivity index (χ4n) is 6.43. The molecule has 1 aliphatic carbocycles. The summed E-state index contributed by atoms with van der Waals surface area (Å²) in [5.41, 5.74) is 13.3. The minimum absolute atomic E-state index is 0.0413. The predicted molar refractivity (Wildman–Crippen MR) is 159 cm³/mol. The molecular weight excluding hydrogens is 444 g/mol. The van der Waals surface area contributed by atoms with Gasteiger partial charge in [0.1, 0.15) is 0 Å². The van der Waals surface area contributed by atoms with Crippen LogP contribution in [0.25, 0.3) is 54.9 Å². The summed E-state index contributed by atoms with van der Waals surface area (Å²) in [6.07, 6.45) is 0. The molecule has 0 unspecified atom stereocenters. The second kappa shape index (κ2) is 7.92. The number of benzene rings is 6. The largest absolute Gasteiger partial charge is 0.0619 e. The second-order valence-corrected chi connectivity index (χ2v) is 11.1. The number of aryl methyl sites for hydroxylation is 2. The second-order valence-electron chi connectivity index (χ2n) is 11.1. The molecule has 0 nitrogen and oxygen atoms in total. The van der Waals surface area contributed by atoms with Gasteiger partial charge in [-0.1, -0.05) is 122 Å². The first kappa shape index (κ1) is 22.1. The summed E-state index contributed by atoms with van der Waals surface area (Å²) < 4.78 is 0. The van der Waals surface area contributed by atoms with Crippen LogP contribution in [0.1, 0.15) is 36.1 Å². The van der Waals surface area contributed by atoms with E-state index in [4.69, 9.17) is 0 Å². The van der Waals surface area contributed by atoms with Gasteiger partial charge in [0.2, 0.25) is 0 Å². The van der Waals surface area contributed by atoms with E-state index in [1.807, 2.05) is 0 Å². The summed E-state index contributed by atoms with van der Waals surface area (Å²) in [6.45, 7) is 9.06. The Bertz CT molecular complexity index is 1830. The number of hydrogen-bond donors (Lipinski definition) is 0. The lowest BCUT2D eigenvalue weighted by Crippen LogP contribution is -2.14. The minimum atomic E-state index is -0.0413. The van der Waals surface area contributed by atoms with Gasteiger partial charge in [-0.05, 0) is 92.0 Å². The van der Waals surface area contributed by atoms with Crippen LogP contribution in [-0.2, 0) is 5.41 Å². The molecule has 0 heterocycles. The van der Waals surface area contributed by atoms with E-state index in [0.29, 0.717) is 0 Å². The Morgan fingerprint density at radius 2 is 0.919 bits per heavy atom. The monoisotopic (exact) mass is 474 g/mol. The van der Waals surface area contributed by atoms with Crippen LogP contribution in [0.3, 0.4) is 0 Å². The number of rotatable bonds is 2. The SMILES string of the molecule is Cc1ccc(-c2c3ccccc3c(-c3ccc(C)cc3)c3cc4c(cc23)-c2ccccc2C4(C)C)cc1. The van der Waals surface area contributed by atoms with Crippen LogP contribution in [-0.4, -0.2) is 0 Å². The average Bonchev–Trinajstić information content (AvgIpc) is 3.14. The van der Waals surface area contributed by atoms with Crippen molar-refractivity contribution in [2.45, 2.75) is 33.1 Å². The molecule has 0 bridgehead atoms. The lowest BCUT2D eigenvalue weighted by atomic mass is 9.79. The lowest BCUT2D eigenvalue weighted by Gasteiger charge is -2.24. The van der Waals surface area contributed by atoms with E-state index >= 15 is 0 Å². The van der Waals surface area contributed by atoms with E-state index in [0.717, 1.165) is 0 Å². The molecule has 0 N–H and O–H groups in total. The Morgan fingerprint density at radius 1 is 0.432 bits per heavy atom. The number of fused-ring (bicyclic) bond motifs is 5. The molecule has 37 heavy (non-hydrogen) atoms. The van der Waals surface area contributed by atoms with E-state index in [9.17, 15) is 0 Å². The van der Waals surface area contributed by atoms with E-state index in [-0.39, 0.29) is 5.41 Å². The van der Waals surface area contributed by atoms with Crippen LogP contribution in [0.2, 0.25) is 0 Å². The van der Waals surface area contributed by atoms with Crippen LogP contribution in [0.15, 0.2) is 109 Å². The third kappa shape index (κ3) is 3.22. The van der Waals surface area contributed by atoms with Crippen LogP contribution in [0.4, 0.5) is 0 Å². The fraction of sp³-hybridized carbons (Fsp3) is 0.135. The van der Waals surface area contributed by atoms with Crippen LogP contribution in [0.5, 0.6) is 0 Å². The highest BCUT2D eigenvalue weighted by Crippen LogP contribution is 2.53. The first-order valence-corrected chi connectivity index (χ1v) is 13.2. The summed E-state index contributed by atoms with van der Waals surface area (Å²) >= 11 is 0. The third-order valence-electron chi connectivity index (χ3n) is 8.41. The maximum absolute atomic E-state index is 2.50.